The molecular formula is C11H19N3S. The molecule has 84 valence electrons. The molecule has 1 saturated heterocycles. The number of rotatable bonds is 3. The molecule has 1 aliphatic rings. The first-order valence-corrected chi connectivity index (χ1v) is 6.39. The molecule has 3 nitrogen and oxygen atoms in total. The number of piperidine rings is 1. The van der Waals surface area contributed by atoms with Crippen LogP contribution in [0.1, 0.15) is 22.7 Å². The van der Waals surface area contributed by atoms with Crippen LogP contribution in [-0.2, 0) is 6.54 Å². The molecule has 4 heteroatoms. The van der Waals surface area contributed by atoms with Crippen LogP contribution in [0.15, 0.2) is 6.20 Å². The van der Waals surface area contributed by atoms with Gasteiger partial charge in [0.2, 0.25) is 0 Å². The van der Waals surface area contributed by atoms with Gasteiger partial charge in [-0.3, -0.25) is 0 Å². The molecule has 0 amide bonds. The van der Waals surface area contributed by atoms with E-state index in [1.54, 1.807) is 11.3 Å². The van der Waals surface area contributed by atoms with Crippen molar-refractivity contribution in [2.45, 2.75) is 32.4 Å². The van der Waals surface area contributed by atoms with E-state index in [0.29, 0.717) is 6.04 Å². The summed E-state index contributed by atoms with van der Waals surface area (Å²) in [6, 6.07) is 0.646. The Labute approximate surface area is 95.5 Å². The summed E-state index contributed by atoms with van der Waals surface area (Å²) in [5.41, 5.74) is 0. The van der Waals surface area contributed by atoms with E-state index in [1.165, 1.54) is 35.8 Å². The van der Waals surface area contributed by atoms with Gasteiger partial charge in [-0.25, -0.2) is 4.98 Å². The minimum Gasteiger partial charge on any atom is -0.306 e. The predicted molar refractivity (Wildman–Crippen MR) is 64.2 cm³/mol. The minimum atomic E-state index is 0.646. The lowest BCUT2D eigenvalue weighted by Gasteiger charge is -2.30. The van der Waals surface area contributed by atoms with Gasteiger partial charge in [-0.1, -0.05) is 0 Å². The maximum Gasteiger partial charge on any atom is 0.107 e. The fourth-order valence-electron chi connectivity index (χ4n) is 2.05. The van der Waals surface area contributed by atoms with Crippen LogP contribution >= 0.6 is 11.3 Å². The Morgan fingerprint density at radius 3 is 3.20 bits per heavy atom. The highest BCUT2D eigenvalue weighted by Gasteiger charge is 2.16. The fourth-order valence-corrected chi connectivity index (χ4v) is 2.79. The van der Waals surface area contributed by atoms with E-state index in [1.807, 2.05) is 6.20 Å². The lowest BCUT2D eigenvalue weighted by molar-refractivity contribution is 0.226. The Morgan fingerprint density at radius 2 is 2.53 bits per heavy atom. The molecule has 0 bridgehead atoms. The third-order valence-corrected chi connectivity index (χ3v) is 3.75. The zero-order valence-corrected chi connectivity index (χ0v) is 10.3. The van der Waals surface area contributed by atoms with E-state index >= 15 is 0 Å². The Hall–Kier alpha value is -0.450. The van der Waals surface area contributed by atoms with Crippen molar-refractivity contribution in [3.05, 3.63) is 16.1 Å². The first-order chi connectivity index (χ1) is 7.24. The van der Waals surface area contributed by atoms with Gasteiger partial charge in [-0.15, -0.1) is 11.3 Å². The summed E-state index contributed by atoms with van der Waals surface area (Å²) in [5, 5.41) is 4.80. The second-order valence-corrected chi connectivity index (χ2v) is 5.67. The number of aryl methyl sites for hydroxylation is 1. The van der Waals surface area contributed by atoms with Crippen LogP contribution in [0.5, 0.6) is 0 Å². The highest BCUT2D eigenvalue weighted by molar-refractivity contribution is 7.11. The van der Waals surface area contributed by atoms with Crippen molar-refractivity contribution in [3.8, 4) is 0 Å². The van der Waals surface area contributed by atoms with Gasteiger partial charge >= 0.3 is 0 Å². The maximum absolute atomic E-state index is 4.36. The van der Waals surface area contributed by atoms with Gasteiger partial charge in [-0.05, 0) is 33.4 Å². The van der Waals surface area contributed by atoms with Gasteiger partial charge in [0.15, 0.2) is 0 Å². The van der Waals surface area contributed by atoms with Crippen LogP contribution < -0.4 is 5.32 Å². The molecule has 0 saturated carbocycles. The van der Waals surface area contributed by atoms with Crippen LogP contribution in [0.2, 0.25) is 0 Å². The Bertz CT molecular complexity index is 311. The van der Waals surface area contributed by atoms with Gasteiger partial charge < -0.3 is 10.2 Å². The SMILES string of the molecule is Cc1cnc(CNC2CCCN(C)C2)s1. The molecule has 1 fully saturated rings. The molecule has 0 spiro atoms. The topological polar surface area (TPSA) is 28.2 Å². The van der Waals surface area contributed by atoms with Crippen LogP contribution in [0, 0.1) is 6.92 Å². The highest BCUT2D eigenvalue weighted by atomic mass is 32.1. The molecule has 0 aliphatic carbocycles. The van der Waals surface area contributed by atoms with Gasteiger partial charge in [-0.2, -0.15) is 0 Å². The normalized spacial score (nSPS) is 23.2. The van der Waals surface area contributed by atoms with Gasteiger partial charge in [0, 0.05) is 30.2 Å². The highest BCUT2D eigenvalue weighted by Crippen LogP contribution is 2.12. The number of likely N-dealkylation sites (N-methyl/N-ethyl adjacent to an activating group) is 1. The van der Waals surface area contributed by atoms with Crippen molar-refractivity contribution in [1.82, 2.24) is 15.2 Å². The van der Waals surface area contributed by atoms with E-state index in [9.17, 15) is 0 Å². The largest absolute Gasteiger partial charge is 0.306 e. The predicted octanol–water partition coefficient (Wildman–Crippen LogP) is 1.64. The molecule has 2 heterocycles. The number of aromatic nitrogens is 1. The summed E-state index contributed by atoms with van der Waals surface area (Å²) in [7, 11) is 2.20. The first kappa shape index (κ1) is 11.0. The van der Waals surface area contributed by atoms with Crippen molar-refractivity contribution < 1.29 is 0 Å². The molecule has 1 aromatic rings. The van der Waals surface area contributed by atoms with Crippen LogP contribution in [0.25, 0.3) is 0 Å². The molecule has 0 aromatic carbocycles. The minimum absolute atomic E-state index is 0.646. The van der Waals surface area contributed by atoms with Crippen molar-refractivity contribution in [3.63, 3.8) is 0 Å². The number of likely N-dealkylation sites (tertiary alicyclic amines) is 1. The average molecular weight is 225 g/mol. The Kier molecular flexibility index (Phi) is 3.72. The summed E-state index contributed by atoms with van der Waals surface area (Å²) < 4.78 is 0. The smallest absolute Gasteiger partial charge is 0.107 e. The van der Waals surface area contributed by atoms with Crippen LogP contribution in [-0.4, -0.2) is 36.1 Å². The van der Waals surface area contributed by atoms with E-state index in [4.69, 9.17) is 0 Å². The third-order valence-electron chi connectivity index (χ3n) is 2.84. The van der Waals surface area contributed by atoms with E-state index < -0.39 is 0 Å². The Balaban J connectivity index is 1.77. The van der Waals surface area contributed by atoms with E-state index in [2.05, 4.69) is 29.2 Å². The fraction of sp³-hybridized carbons (Fsp3) is 0.727. The second kappa shape index (κ2) is 5.05. The molecule has 1 aromatic heterocycles. The Morgan fingerprint density at radius 1 is 1.67 bits per heavy atom. The third kappa shape index (κ3) is 3.26. The lowest BCUT2D eigenvalue weighted by Crippen LogP contribution is -2.43. The maximum atomic E-state index is 4.36. The van der Waals surface area contributed by atoms with Crippen LogP contribution in [0.4, 0.5) is 0 Å². The van der Waals surface area contributed by atoms with Crippen molar-refractivity contribution in [2.24, 2.45) is 0 Å². The molecule has 1 N–H and O–H groups in total. The molecular weight excluding hydrogens is 206 g/mol. The van der Waals surface area contributed by atoms with Crippen molar-refractivity contribution >= 4 is 11.3 Å². The molecule has 1 atom stereocenters. The van der Waals surface area contributed by atoms with Gasteiger partial charge in [0.25, 0.3) is 0 Å². The zero-order chi connectivity index (χ0) is 10.7. The average Bonchev–Trinajstić information content (AvgIpc) is 2.62. The second-order valence-electron chi connectivity index (χ2n) is 4.35. The summed E-state index contributed by atoms with van der Waals surface area (Å²) in [6.45, 7) is 5.45. The number of nitrogens with zero attached hydrogens (tertiary/aromatic N) is 2. The molecule has 15 heavy (non-hydrogen) atoms. The van der Waals surface area contributed by atoms with Crippen molar-refractivity contribution in [2.75, 3.05) is 20.1 Å². The van der Waals surface area contributed by atoms with Gasteiger partial charge in [0.05, 0.1) is 0 Å². The summed E-state index contributed by atoms with van der Waals surface area (Å²) in [6.07, 6.45) is 4.56. The summed E-state index contributed by atoms with van der Waals surface area (Å²) in [5.74, 6) is 0. The van der Waals surface area contributed by atoms with Gasteiger partial charge in [0.1, 0.15) is 5.01 Å². The monoisotopic (exact) mass is 225 g/mol. The standard InChI is InChI=1S/C11H19N3S/c1-9-6-13-11(15-9)7-12-10-4-3-5-14(2)8-10/h6,10,12H,3-5,7-8H2,1-2H3. The van der Waals surface area contributed by atoms with E-state index in [0.717, 1.165) is 6.54 Å². The number of hydrogen-bond acceptors (Lipinski definition) is 4. The van der Waals surface area contributed by atoms with E-state index in [-0.39, 0.29) is 0 Å². The lowest BCUT2D eigenvalue weighted by atomic mass is 10.1. The van der Waals surface area contributed by atoms with Crippen LogP contribution in [0.3, 0.4) is 0 Å². The summed E-state index contributed by atoms with van der Waals surface area (Å²) in [4.78, 5) is 8.06. The van der Waals surface area contributed by atoms with Crippen molar-refractivity contribution in [1.29, 1.82) is 0 Å². The zero-order valence-electron chi connectivity index (χ0n) is 9.49. The molecule has 1 aliphatic heterocycles. The first-order valence-electron chi connectivity index (χ1n) is 5.57. The quantitative estimate of drug-likeness (QED) is 0.847. The number of thiazole rings is 1. The summed E-state index contributed by atoms with van der Waals surface area (Å²) >= 11 is 1.79. The molecule has 2 rings (SSSR count). The number of nitrogens with one attached hydrogen (secondary N) is 1. The number of hydrogen-bond donors (Lipinski definition) is 1. The molecule has 1 unspecified atom stereocenters. The molecule has 0 radical (unpaired) electrons.